The van der Waals surface area contributed by atoms with Crippen molar-refractivity contribution in [3.05, 3.63) is 34.5 Å². The summed E-state index contributed by atoms with van der Waals surface area (Å²) < 4.78 is 0. The molecule has 1 nitrogen and oxygen atoms in total. The lowest BCUT2D eigenvalue weighted by Crippen LogP contribution is -1.96. The molecule has 0 bridgehead atoms. The van der Waals surface area contributed by atoms with E-state index in [0.717, 1.165) is 4.88 Å². The van der Waals surface area contributed by atoms with Gasteiger partial charge in [-0.05, 0) is 17.5 Å². The molecule has 0 unspecified atom stereocenters. The smallest absolute Gasteiger partial charge is 0.178 e. The lowest BCUT2D eigenvalue weighted by Gasteiger charge is -1.88. The Hall–Kier alpha value is -0.640. The molecule has 0 aliphatic heterocycles. The van der Waals surface area contributed by atoms with E-state index in [1.807, 2.05) is 29.0 Å². The lowest BCUT2D eigenvalue weighted by atomic mass is 10.2. The molecule has 2 aromatic rings. The Kier molecular flexibility index (Phi) is 3.01. The van der Waals surface area contributed by atoms with E-state index in [1.54, 1.807) is 22.7 Å². The molecule has 0 amide bonds. The number of rotatable bonds is 3. The van der Waals surface area contributed by atoms with Gasteiger partial charge in [0.2, 0.25) is 0 Å². The molecular weight excluding hydrogens is 236 g/mol. The largest absolute Gasteiger partial charge is 0.293 e. The molecule has 2 rings (SSSR count). The van der Waals surface area contributed by atoms with E-state index in [0.29, 0.717) is 5.56 Å². The summed E-state index contributed by atoms with van der Waals surface area (Å²) >= 11 is 8.74. The Bertz CT molecular complexity index is 431. The van der Waals surface area contributed by atoms with Crippen molar-refractivity contribution in [3.8, 4) is 9.75 Å². The zero-order chi connectivity index (χ0) is 9.97. The summed E-state index contributed by atoms with van der Waals surface area (Å²) in [5.74, 6) is 0.0476. The first-order valence-corrected chi connectivity index (χ1v) is 6.32. The summed E-state index contributed by atoms with van der Waals surface area (Å²) in [5.41, 5.74) is 0.716. The molecular formula is C10H7ClOS2. The van der Waals surface area contributed by atoms with Gasteiger partial charge in [0, 0.05) is 20.7 Å². The van der Waals surface area contributed by atoms with Gasteiger partial charge >= 0.3 is 0 Å². The second-order valence-electron chi connectivity index (χ2n) is 2.73. The molecule has 72 valence electrons. The van der Waals surface area contributed by atoms with Crippen molar-refractivity contribution >= 4 is 40.1 Å². The van der Waals surface area contributed by atoms with Gasteiger partial charge in [-0.15, -0.1) is 34.3 Å². The van der Waals surface area contributed by atoms with Crippen LogP contribution >= 0.6 is 34.3 Å². The SMILES string of the molecule is O=C(CCl)c1csc(-c2cccs2)c1. The molecule has 2 heterocycles. The number of hydrogen-bond donors (Lipinski definition) is 0. The molecule has 0 saturated carbocycles. The monoisotopic (exact) mass is 242 g/mol. The summed E-state index contributed by atoms with van der Waals surface area (Å²) in [4.78, 5) is 13.6. The number of halogens is 1. The first kappa shape index (κ1) is 9.90. The third-order valence-electron chi connectivity index (χ3n) is 1.81. The zero-order valence-corrected chi connectivity index (χ0v) is 9.59. The molecule has 0 N–H and O–H groups in total. The summed E-state index contributed by atoms with van der Waals surface area (Å²) in [5, 5.41) is 3.89. The molecule has 14 heavy (non-hydrogen) atoms. The number of alkyl halides is 1. The molecule has 0 spiro atoms. The highest BCUT2D eigenvalue weighted by Gasteiger charge is 2.08. The van der Waals surface area contributed by atoms with E-state index in [9.17, 15) is 4.79 Å². The van der Waals surface area contributed by atoms with Crippen LogP contribution in [0.25, 0.3) is 9.75 Å². The average molecular weight is 243 g/mol. The number of thiophene rings is 2. The van der Waals surface area contributed by atoms with Gasteiger partial charge < -0.3 is 0 Å². The Morgan fingerprint density at radius 2 is 2.21 bits per heavy atom. The molecule has 0 aromatic carbocycles. The lowest BCUT2D eigenvalue weighted by molar-refractivity contribution is 0.102. The maximum atomic E-state index is 11.3. The van der Waals surface area contributed by atoms with Gasteiger partial charge in [0.15, 0.2) is 5.78 Å². The van der Waals surface area contributed by atoms with Gasteiger partial charge in [0.05, 0.1) is 5.88 Å². The fraction of sp³-hybridized carbons (Fsp3) is 0.100. The van der Waals surface area contributed by atoms with E-state index < -0.39 is 0 Å². The second kappa shape index (κ2) is 4.26. The van der Waals surface area contributed by atoms with Crippen LogP contribution < -0.4 is 0 Å². The van der Waals surface area contributed by atoms with Gasteiger partial charge in [-0.25, -0.2) is 0 Å². The van der Waals surface area contributed by atoms with Gasteiger partial charge in [0.1, 0.15) is 0 Å². The van der Waals surface area contributed by atoms with Crippen LogP contribution in [-0.2, 0) is 0 Å². The predicted molar refractivity (Wildman–Crippen MR) is 62.7 cm³/mol. The maximum Gasteiger partial charge on any atom is 0.178 e. The number of Topliss-reactive ketones (excluding diaryl/α,β-unsaturated/α-hetero) is 1. The fourth-order valence-electron chi connectivity index (χ4n) is 1.11. The van der Waals surface area contributed by atoms with E-state index in [1.165, 1.54) is 4.88 Å². The van der Waals surface area contributed by atoms with Gasteiger partial charge in [-0.2, -0.15) is 0 Å². The van der Waals surface area contributed by atoms with Crippen LogP contribution in [0.4, 0.5) is 0 Å². The predicted octanol–water partition coefficient (Wildman–Crippen LogP) is 3.90. The van der Waals surface area contributed by atoms with Crippen LogP contribution in [0.1, 0.15) is 10.4 Å². The highest BCUT2D eigenvalue weighted by atomic mass is 35.5. The van der Waals surface area contributed by atoms with Crippen LogP contribution in [0.5, 0.6) is 0 Å². The Balaban J connectivity index is 2.31. The highest BCUT2D eigenvalue weighted by Crippen LogP contribution is 2.30. The summed E-state index contributed by atoms with van der Waals surface area (Å²) in [6.07, 6.45) is 0. The number of hydrogen-bond acceptors (Lipinski definition) is 3. The second-order valence-corrected chi connectivity index (χ2v) is 4.86. The maximum absolute atomic E-state index is 11.3. The van der Waals surface area contributed by atoms with E-state index in [4.69, 9.17) is 11.6 Å². The van der Waals surface area contributed by atoms with Crippen molar-refractivity contribution in [1.29, 1.82) is 0 Å². The van der Waals surface area contributed by atoms with Crippen molar-refractivity contribution in [2.24, 2.45) is 0 Å². The van der Waals surface area contributed by atoms with Crippen molar-refractivity contribution in [1.82, 2.24) is 0 Å². The van der Waals surface area contributed by atoms with E-state index in [-0.39, 0.29) is 11.7 Å². The normalized spacial score (nSPS) is 10.4. The topological polar surface area (TPSA) is 17.1 Å². The van der Waals surface area contributed by atoms with Crippen LogP contribution in [0.2, 0.25) is 0 Å². The Labute approximate surface area is 95.0 Å². The molecule has 4 heteroatoms. The zero-order valence-electron chi connectivity index (χ0n) is 7.20. The quantitative estimate of drug-likeness (QED) is 0.589. The minimum atomic E-state index is -0.00859. The van der Waals surface area contributed by atoms with Crippen LogP contribution in [-0.4, -0.2) is 11.7 Å². The third-order valence-corrected chi connectivity index (χ3v) is 4.05. The molecule has 0 aliphatic rings. The van der Waals surface area contributed by atoms with Crippen molar-refractivity contribution < 1.29 is 4.79 Å². The van der Waals surface area contributed by atoms with Gasteiger partial charge in [-0.3, -0.25) is 4.79 Å². The van der Waals surface area contributed by atoms with Crippen LogP contribution in [0.3, 0.4) is 0 Å². The molecule has 0 radical (unpaired) electrons. The summed E-state index contributed by atoms with van der Waals surface area (Å²) in [7, 11) is 0. The van der Waals surface area contributed by atoms with Crippen LogP contribution in [0, 0.1) is 0 Å². The van der Waals surface area contributed by atoms with Gasteiger partial charge in [0.25, 0.3) is 0 Å². The minimum Gasteiger partial charge on any atom is -0.293 e. The molecule has 0 saturated heterocycles. The number of ketones is 1. The highest BCUT2D eigenvalue weighted by molar-refractivity contribution is 7.20. The molecule has 0 atom stereocenters. The number of carbonyl (C=O) groups is 1. The van der Waals surface area contributed by atoms with E-state index >= 15 is 0 Å². The van der Waals surface area contributed by atoms with Crippen LogP contribution in [0.15, 0.2) is 29.0 Å². The molecule has 2 aromatic heterocycles. The standard InChI is InChI=1S/C10H7ClOS2/c11-5-8(12)7-4-10(14-6-7)9-2-1-3-13-9/h1-4,6H,5H2. The average Bonchev–Trinajstić information content (AvgIpc) is 2.86. The summed E-state index contributed by atoms with van der Waals surface area (Å²) in [6, 6.07) is 5.95. The van der Waals surface area contributed by atoms with Crippen molar-refractivity contribution in [2.45, 2.75) is 0 Å². The minimum absolute atomic E-state index is 0.00859. The van der Waals surface area contributed by atoms with Crippen molar-refractivity contribution in [3.63, 3.8) is 0 Å². The van der Waals surface area contributed by atoms with Gasteiger partial charge in [-0.1, -0.05) is 6.07 Å². The summed E-state index contributed by atoms with van der Waals surface area (Å²) in [6.45, 7) is 0. The molecule has 0 aliphatic carbocycles. The Morgan fingerprint density at radius 3 is 2.86 bits per heavy atom. The van der Waals surface area contributed by atoms with Crippen molar-refractivity contribution in [2.75, 3.05) is 5.88 Å². The first-order valence-electron chi connectivity index (χ1n) is 4.03. The van der Waals surface area contributed by atoms with E-state index in [2.05, 4.69) is 0 Å². The third kappa shape index (κ3) is 1.90. The molecule has 0 fully saturated rings. The fourth-order valence-corrected chi connectivity index (χ4v) is 3.02. The first-order chi connectivity index (χ1) is 6.81. The Morgan fingerprint density at radius 1 is 1.36 bits per heavy atom. The number of carbonyl (C=O) groups excluding carboxylic acids is 1.